The average molecular weight is 242 g/mol. The van der Waals surface area contributed by atoms with E-state index in [0.29, 0.717) is 0 Å². The molecule has 0 amide bonds. The number of hydrogen-bond donors (Lipinski definition) is 0. The highest BCUT2D eigenvalue weighted by atomic mass is 15.3. The van der Waals surface area contributed by atoms with Gasteiger partial charge in [-0.05, 0) is 31.9 Å². The van der Waals surface area contributed by atoms with Gasteiger partial charge in [-0.3, -0.25) is 0 Å². The summed E-state index contributed by atoms with van der Waals surface area (Å²) in [4.78, 5) is 4.55. The van der Waals surface area contributed by atoms with Gasteiger partial charge in [0.2, 0.25) is 0 Å². The largest absolute Gasteiger partial charge is 0.310 e. The molecule has 18 heavy (non-hydrogen) atoms. The van der Waals surface area contributed by atoms with E-state index in [9.17, 15) is 0 Å². The zero-order valence-electron chi connectivity index (χ0n) is 10.8. The van der Waals surface area contributed by atoms with Crippen LogP contribution in [-0.4, -0.2) is 19.7 Å². The molecule has 3 rings (SSSR count). The minimum atomic E-state index is 0.926. The molecule has 4 heteroatoms. The maximum atomic E-state index is 4.55. The summed E-state index contributed by atoms with van der Waals surface area (Å²) in [7, 11) is 0. The van der Waals surface area contributed by atoms with Crippen LogP contribution in [0.4, 0.5) is 0 Å². The Labute approximate surface area is 107 Å². The van der Waals surface area contributed by atoms with Gasteiger partial charge in [-0.15, -0.1) is 10.2 Å². The van der Waals surface area contributed by atoms with Crippen molar-refractivity contribution in [2.45, 2.75) is 45.6 Å². The van der Waals surface area contributed by atoms with Gasteiger partial charge >= 0.3 is 0 Å². The normalized spacial score (nSPS) is 15.8. The molecule has 0 bridgehead atoms. The molecule has 0 radical (unpaired) electrons. The van der Waals surface area contributed by atoms with E-state index in [2.05, 4.69) is 19.7 Å². The maximum Gasteiger partial charge on any atom is 0.182 e. The van der Waals surface area contributed by atoms with Gasteiger partial charge in [0, 0.05) is 18.7 Å². The Morgan fingerprint density at radius 2 is 1.94 bits per heavy atom. The summed E-state index contributed by atoms with van der Waals surface area (Å²) in [5, 5.41) is 8.68. The molecule has 3 heterocycles. The predicted molar refractivity (Wildman–Crippen MR) is 70.2 cm³/mol. The van der Waals surface area contributed by atoms with Crippen LogP contribution in [0.15, 0.2) is 18.2 Å². The molecule has 0 saturated heterocycles. The summed E-state index contributed by atoms with van der Waals surface area (Å²) in [5.41, 5.74) is 1.96. The van der Waals surface area contributed by atoms with Crippen molar-refractivity contribution in [1.82, 2.24) is 19.7 Å². The van der Waals surface area contributed by atoms with Gasteiger partial charge in [-0.2, -0.15) is 0 Å². The number of pyridine rings is 1. The van der Waals surface area contributed by atoms with Crippen LogP contribution < -0.4 is 0 Å². The van der Waals surface area contributed by atoms with Crippen molar-refractivity contribution in [1.29, 1.82) is 0 Å². The number of aromatic nitrogens is 4. The fraction of sp³-hybridized carbons (Fsp3) is 0.500. The van der Waals surface area contributed by atoms with Crippen molar-refractivity contribution in [3.8, 4) is 11.5 Å². The van der Waals surface area contributed by atoms with Crippen molar-refractivity contribution >= 4 is 0 Å². The SMILES string of the molecule is Cc1cccc(-c2nnc3n2CCCCCC3)n1. The fourth-order valence-corrected chi connectivity index (χ4v) is 2.52. The number of aryl methyl sites for hydroxylation is 2. The number of rotatable bonds is 1. The molecule has 0 saturated carbocycles. The molecule has 1 aliphatic rings. The highest BCUT2D eigenvalue weighted by Gasteiger charge is 2.15. The standard InChI is InChI=1S/C14H18N4/c1-11-7-6-8-12(15-11)14-17-16-13-9-4-2-3-5-10-18(13)14/h6-8H,2-5,9-10H2,1H3. The van der Waals surface area contributed by atoms with Crippen LogP contribution >= 0.6 is 0 Å². The van der Waals surface area contributed by atoms with Crippen LogP contribution in [0.25, 0.3) is 11.5 Å². The molecule has 0 fully saturated rings. The second-order valence-corrected chi connectivity index (χ2v) is 4.92. The van der Waals surface area contributed by atoms with Crippen LogP contribution in [0, 0.1) is 6.92 Å². The second kappa shape index (κ2) is 4.88. The molecular weight excluding hydrogens is 224 g/mol. The van der Waals surface area contributed by atoms with Gasteiger partial charge in [0.25, 0.3) is 0 Å². The summed E-state index contributed by atoms with van der Waals surface area (Å²) in [5.74, 6) is 2.05. The lowest BCUT2D eigenvalue weighted by atomic mass is 10.1. The van der Waals surface area contributed by atoms with Crippen molar-refractivity contribution in [3.05, 3.63) is 29.7 Å². The van der Waals surface area contributed by atoms with Gasteiger partial charge in [0.1, 0.15) is 11.5 Å². The molecule has 0 aromatic carbocycles. The lowest BCUT2D eigenvalue weighted by Gasteiger charge is -2.13. The first-order valence-electron chi connectivity index (χ1n) is 6.71. The predicted octanol–water partition coefficient (Wildman–Crippen LogP) is 2.77. The summed E-state index contributed by atoms with van der Waals surface area (Å²) >= 11 is 0. The first-order chi connectivity index (χ1) is 8.84. The zero-order chi connectivity index (χ0) is 12.4. The molecule has 2 aromatic heterocycles. The molecular formula is C14H18N4. The Kier molecular flexibility index (Phi) is 3.09. The Morgan fingerprint density at radius 1 is 1.06 bits per heavy atom. The lowest BCUT2D eigenvalue weighted by Crippen LogP contribution is -2.09. The summed E-state index contributed by atoms with van der Waals surface area (Å²) in [6, 6.07) is 6.06. The van der Waals surface area contributed by atoms with Gasteiger partial charge in [0.15, 0.2) is 5.82 Å². The minimum absolute atomic E-state index is 0.926. The Morgan fingerprint density at radius 3 is 2.83 bits per heavy atom. The third-order valence-corrected chi connectivity index (χ3v) is 3.48. The second-order valence-electron chi connectivity index (χ2n) is 4.92. The van der Waals surface area contributed by atoms with Gasteiger partial charge in [-0.1, -0.05) is 18.9 Å². The van der Waals surface area contributed by atoms with Crippen LogP contribution in [-0.2, 0) is 13.0 Å². The number of hydrogen-bond acceptors (Lipinski definition) is 3. The molecule has 0 atom stereocenters. The summed E-state index contributed by atoms with van der Waals surface area (Å²) in [6.07, 6.45) is 6.09. The van der Waals surface area contributed by atoms with Crippen LogP contribution in [0.3, 0.4) is 0 Å². The smallest absolute Gasteiger partial charge is 0.182 e. The first kappa shape index (κ1) is 11.4. The van der Waals surface area contributed by atoms with Crippen molar-refractivity contribution in [2.24, 2.45) is 0 Å². The Balaban J connectivity index is 2.02. The quantitative estimate of drug-likeness (QED) is 0.772. The monoisotopic (exact) mass is 242 g/mol. The van der Waals surface area contributed by atoms with Gasteiger partial charge in [0.05, 0.1) is 0 Å². The van der Waals surface area contributed by atoms with Crippen molar-refractivity contribution < 1.29 is 0 Å². The van der Waals surface area contributed by atoms with E-state index < -0.39 is 0 Å². The van der Waals surface area contributed by atoms with Crippen molar-refractivity contribution in [2.75, 3.05) is 0 Å². The number of nitrogens with zero attached hydrogens (tertiary/aromatic N) is 4. The van der Waals surface area contributed by atoms with E-state index in [-0.39, 0.29) is 0 Å². The topological polar surface area (TPSA) is 43.6 Å². The Hall–Kier alpha value is -1.71. The van der Waals surface area contributed by atoms with E-state index in [1.165, 1.54) is 25.7 Å². The molecule has 94 valence electrons. The third kappa shape index (κ3) is 2.15. The maximum absolute atomic E-state index is 4.55. The van der Waals surface area contributed by atoms with Crippen molar-refractivity contribution in [3.63, 3.8) is 0 Å². The highest BCUT2D eigenvalue weighted by Crippen LogP contribution is 2.20. The molecule has 0 unspecified atom stereocenters. The third-order valence-electron chi connectivity index (χ3n) is 3.48. The molecule has 1 aliphatic heterocycles. The molecule has 0 spiro atoms. The highest BCUT2D eigenvalue weighted by molar-refractivity contribution is 5.49. The van der Waals surface area contributed by atoms with E-state index in [1.807, 2.05) is 25.1 Å². The lowest BCUT2D eigenvalue weighted by molar-refractivity contribution is 0.518. The molecule has 4 nitrogen and oxygen atoms in total. The van der Waals surface area contributed by atoms with Gasteiger partial charge < -0.3 is 4.57 Å². The first-order valence-corrected chi connectivity index (χ1v) is 6.71. The Bertz CT molecular complexity index is 544. The van der Waals surface area contributed by atoms with Crippen LogP contribution in [0.2, 0.25) is 0 Å². The molecule has 2 aromatic rings. The number of fused-ring (bicyclic) bond motifs is 1. The zero-order valence-corrected chi connectivity index (χ0v) is 10.8. The van der Waals surface area contributed by atoms with E-state index in [4.69, 9.17) is 0 Å². The summed E-state index contributed by atoms with van der Waals surface area (Å²) in [6.45, 7) is 3.03. The average Bonchev–Trinajstić information content (AvgIpc) is 2.71. The van der Waals surface area contributed by atoms with Crippen LogP contribution in [0.5, 0.6) is 0 Å². The molecule has 0 aliphatic carbocycles. The van der Waals surface area contributed by atoms with E-state index in [1.54, 1.807) is 0 Å². The van der Waals surface area contributed by atoms with E-state index >= 15 is 0 Å². The van der Waals surface area contributed by atoms with E-state index in [0.717, 1.165) is 36.0 Å². The van der Waals surface area contributed by atoms with Gasteiger partial charge in [-0.25, -0.2) is 4.98 Å². The van der Waals surface area contributed by atoms with Crippen LogP contribution in [0.1, 0.15) is 37.2 Å². The molecule has 0 N–H and O–H groups in total. The fourth-order valence-electron chi connectivity index (χ4n) is 2.52. The summed E-state index contributed by atoms with van der Waals surface area (Å²) < 4.78 is 2.25. The minimum Gasteiger partial charge on any atom is -0.310 e.